The van der Waals surface area contributed by atoms with Gasteiger partial charge in [-0.25, -0.2) is 4.98 Å². The van der Waals surface area contributed by atoms with E-state index in [4.69, 9.17) is 4.84 Å². The average Bonchev–Trinajstić information content (AvgIpc) is 3.26. The highest BCUT2D eigenvalue weighted by atomic mass is 16.6. The van der Waals surface area contributed by atoms with Crippen LogP contribution in [0.1, 0.15) is 43.2 Å². The van der Waals surface area contributed by atoms with Gasteiger partial charge in [0.1, 0.15) is 11.8 Å². The average molecular weight is 319 g/mol. The molecule has 0 atom stereocenters. The first kappa shape index (κ1) is 15.0. The maximum absolute atomic E-state index is 5.69. The van der Waals surface area contributed by atoms with Crippen molar-refractivity contribution >= 4 is 5.71 Å². The van der Waals surface area contributed by atoms with Gasteiger partial charge in [-0.1, -0.05) is 29.1 Å². The lowest BCUT2D eigenvalue weighted by Crippen LogP contribution is -2.21. The molecule has 122 valence electrons. The summed E-state index contributed by atoms with van der Waals surface area (Å²) >= 11 is 0. The molecule has 0 saturated heterocycles. The largest absolute Gasteiger partial charge is 0.392 e. The summed E-state index contributed by atoms with van der Waals surface area (Å²) in [6.07, 6.45) is 11.8. The van der Waals surface area contributed by atoms with Crippen molar-refractivity contribution in [3.05, 3.63) is 54.1 Å². The third kappa shape index (κ3) is 3.86. The van der Waals surface area contributed by atoms with Crippen molar-refractivity contribution in [1.29, 1.82) is 0 Å². The van der Waals surface area contributed by atoms with Crippen molar-refractivity contribution < 1.29 is 4.84 Å². The molecule has 0 radical (unpaired) electrons. The van der Waals surface area contributed by atoms with Crippen LogP contribution in [0.4, 0.5) is 0 Å². The zero-order valence-corrected chi connectivity index (χ0v) is 13.7. The highest BCUT2D eigenvalue weighted by Crippen LogP contribution is 2.27. The molecule has 0 N–H and O–H groups in total. The third-order valence-electron chi connectivity index (χ3n) is 4.47. The van der Waals surface area contributed by atoms with Gasteiger partial charge in [-0.2, -0.15) is 0 Å². The summed E-state index contributed by atoms with van der Waals surface area (Å²) in [4.78, 5) is 9.79. The molecule has 0 spiro atoms. The first-order valence-corrected chi connectivity index (χ1v) is 8.67. The van der Waals surface area contributed by atoms with E-state index in [0.29, 0.717) is 12.5 Å². The fraction of sp³-hybridized carbons (Fsp3) is 0.400. The molecule has 2 aliphatic rings. The van der Waals surface area contributed by atoms with E-state index in [1.807, 2.05) is 10.8 Å². The fourth-order valence-corrected chi connectivity index (χ4v) is 2.50. The van der Waals surface area contributed by atoms with Crippen LogP contribution < -0.4 is 0 Å². The highest BCUT2D eigenvalue weighted by Gasteiger charge is 2.19. The summed E-state index contributed by atoms with van der Waals surface area (Å²) in [7, 11) is 0. The number of benzene rings is 1. The molecule has 0 bridgehead atoms. The van der Waals surface area contributed by atoms with E-state index in [1.54, 1.807) is 12.5 Å². The lowest BCUT2D eigenvalue weighted by molar-refractivity contribution is 0.00573. The van der Waals surface area contributed by atoms with Crippen molar-refractivity contribution in [1.82, 2.24) is 9.55 Å². The van der Waals surface area contributed by atoms with Crippen molar-refractivity contribution in [3.8, 4) is 11.8 Å². The molecule has 2 fully saturated rings. The van der Waals surface area contributed by atoms with Gasteiger partial charge in [0, 0.05) is 29.4 Å². The molecule has 0 aliphatic heterocycles. The number of hydrogen-bond acceptors (Lipinski definition) is 3. The van der Waals surface area contributed by atoms with Gasteiger partial charge in [0.15, 0.2) is 0 Å². The van der Waals surface area contributed by atoms with Gasteiger partial charge < -0.3 is 9.40 Å². The standard InChI is InChI=1S/C20H21N3O/c1-2-19(3-1)24-22-20(14-23-13-12-21-15-23)18-10-8-17(9-11-18)7-6-16-4-5-16/h8-13,15-16,19H,1-5,14H2. The fourth-order valence-electron chi connectivity index (χ4n) is 2.50. The summed E-state index contributed by atoms with van der Waals surface area (Å²) in [6.45, 7) is 0.653. The van der Waals surface area contributed by atoms with E-state index in [2.05, 4.69) is 46.2 Å². The van der Waals surface area contributed by atoms with E-state index in [0.717, 1.165) is 29.7 Å². The maximum Gasteiger partial charge on any atom is 0.127 e. The Hall–Kier alpha value is -2.54. The second-order valence-corrected chi connectivity index (χ2v) is 6.55. The van der Waals surface area contributed by atoms with Crippen molar-refractivity contribution in [3.63, 3.8) is 0 Å². The first-order valence-electron chi connectivity index (χ1n) is 8.67. The molecule has 24 heavy (non-hydrogen) atoms. The Labute approximate surface area is 142 Å². The highest BCUT2D eigenvalue weighted by molar-refractivity contribution is 6.00. The Morgan fingerprint density at radius 2 is 2.04 bits per heavy atom. The summed E-state index contributed by atoms with van der Waals surface area (Å²) in [6, 6.07) is 8.29. The number of rotatable bonds is 5. The minimum absolute atomic E-state index is 0.284. The number of aromatic nitrogens is 2. The van der Waals surface area contributed by atoms with Gasteiger partial charge in [-0.3, -0.25) is 0 Å². The molecule has 1 aromatic heterocycles. The molecule has 4 heteroatoms. The molecular formula is C20H21N3O. The molecule has 4 nitrogen and oxygen atoms in total. The predicted molar refractivity (Wildman–Crippen MR) is 93.5 cm³/mol. The van der Waals surface area contributed by atoms with Gasteiger partial charge in [-0.15, -0.1) is 0 Å². The monoisotopic (exact) mass is 319 g/mol. The Morgan fingerprint density at radius 3 is 2.67 bits per heavy atom. The number of imidazole rings is 1. The van der Waals surface area contributed by atoms with Crippen LogP contribution in [0.5, 0.6) is 0 Å². The lowest BCUT2D eigenvalue weighted by Gasteiger charge is -2.23. The first-order chi connectivity index (χ1) is 11.9. The summed E-state index contributed by atoms with van der Waals surface area (Å²) in [5, 5.41) is 4.44. The van der Waals surface area contributed by atoms with Crippen LogP contribution in [0.3, 0.4) is 0 Å². The van der Waals surface area contributed by atoms with E-state index < -0.39 is 0 Å². The van der Waals surface area contributed by atoms with Crippen molar-refractivity contribution in [2.24, 2.45) is 11.1 Å². The van der Waals surface area contributed by atoms with Crippen LogP contribution in [0.15, 0.2) is 48.1 Å². The second kappa shape index (κ2) is 6.92. The van der Waals surface area contributed by atoms with Crippen LogP contribution >= 0.6 is 0 Å². The Kier molecular flexibility index (Phi) is 4.33. The number of hydrogen-bond donors (Lipinski definition) is 0. The zero-order chi connectivity index (χ0) is 16.2. The summed E-state index contributed by atoms with van der Waals surface area (Å²) in [5.74, 6) is 7.17. The lowest BCUT2D eigenvalue weighted by atomic mass is 9.97. The summed E-state index contributed by atoms with van der Waals surface area (Å²) in [5.41, 5.74) is 3.05. The molecular weight excluding hydrogens is 298 g/mol. The molecule has 0 unspecified atom stereocenters. The minimum atomic E-state index is 0.284. The van der Waals surface area contributed by atoms with Gasteiger partial charge >= 0.3 is 0 Å². The topological polar surface area (TPSA) is 39.4 Å². The molecule has 0 amide bonds. The molecule has 2 saturated carbocycles. The van der Waals surface area contributed by atoms with E-state index >= 15 is 0 Å². The molecule has 2 aromatic rings. The molecule has 2 aliphatic carbocycles. The number of oxime groups is 1. The molecule has 1 heterocycles. The second-order valence-electron chi connectivity index (χ2n) is 6.55. The Balaban J connectivity index is 1.51. The zero-order valence-electron chi connectivity index (χ0n) is 13.7. The van der Waals surface area contributed by atoms with Crippen molar-refractivity contribution in [2.45, 2.75) is 44.8 Å². The van der Waals surface area contributed by atoms with Crippen LogP contribution in [0.25, 0.3) is 0 Å². The smallest absolute Gasteiger partial charge is 0.127 e. The van der Waals surface area contributed by atoms with Crippen LogP contribution in [-0.2, 0) is 11.4 Å². The van der Waals surface area contributed by atoms with E-state index in [9.17, 15) is 0 Å². The van der Waals surface area contributed by atoms with Crippen molar-refractivity contribution in [2.75, 3.05) is 0 Å². The van der Waals surface area contributed by atoms with Gasteiger partial charge in [0.2, 0.25) is 0 Å². The third-order valence-corrected chi connectivity index (χ3v) is 4.47. The van der Waals surface area contributed by atoms with E-state index in [-0.39, 0.29) is 6.10 Å². The molecule has 1 aromatic carbocycles. The maximum atomic E-state index is 5.69. The van der Waals surface area contributed by atoms with Crippen LogP contribution in [0.2, 0.25) is 0 Å². The predicted octanol–water partition coefficient (Wildman–Crippen LogP) is 3.62. The van der Waals surface area contributed by atoms with Gasteiger partial charge in [0.05, 0.1) is 12.9 Å². The van der Waals surface area contributed by atoms with Gasteiger partial charge in [-0.05, 0) is 44.2 Å². The Bertz CT molecular complexity index is 757. The molecule has 4 rings (SSSR count). The normalized spacial score (nSPS) is 17.8. The Morgan fingerprint density at radius 1 is 1.21 bits per heavy atom. The quantitative estimate of drug-likeness (QED) is 0.480. The van der Waals surface area contributed by atoms with Crippen LogP contribution in [-0.4, -0.2) is 21.4 Å². The van der Waals surface area contributed by atoms with E-state index in [1.165, 1.54) is 19.3 Å². The van der Waals surface area contributed by atoms with Gasteiger partial charge in [0.25, 0.3) is 0 Å². The minimum Gasteiger partial charge on any atom is -0.392 e. The summed E-state index contributed by atoms with van der Waals surface area (Å²) < 4.78 is 2.00. The SMILES string of the molecule is C(#CC1CC1)c1ccc(C(Cn2ccnc2)=NOC2CCC2)cc1. The number of nitrogens with zero attached hydrogens (tertiary/aromatic N) is 3. The van der Waals surface area contributed by atoms with Crippen LogP contribution in [0, 0.1) is 17.8 Å².